The number of likely N-dealkylation sites (tertiary alicyclic amines) is 1. The monoisotopic (exact) mass is 276 g/mol. The summed E-state index contributed by atoms with van der Waals surface area (Å²) in [5.41, 5.74) is 1.31. The van der Waals surface area contributed by atoms with Crippen molar-refractivity contribution in [2.75, 3.05) is 26.7 Å². The van der Waals surface area contributed by atoms with Crippen LogP contribution in [0.1, 0.15) is 44.7 Å². The number of piperidine rings is 1. The highest BCUT2D eigenvalue weighted by Crippen LogP contribution is 2.20. The Morgan fingerprint density at radius 1 is 1.30 bits per heavy atom. The van der Waals surface area contributed by atoms with Gasteiger partial charge in [0.25, 0.3) is 0 Å². The average Bonchev–Trinajstić information content (AvgIpc) is 2.47. The number of nitrogens with zero attached hydrogens (tertiary/aromatic N) is 1. The maximum atomic E-state index is 5.95. The number of ether oxygens (including phenoxy) is 1. The van der Waals surface area contributed by atoms with Gasteiger partial charge in [-0.05, 0) is 57.6 Å². The number of rotatable bonds is 6. The number of likely N-dealkylation sites (N-methyl/N-ethyl adjacent to an activating group) is 1. The first-order valence-electron chi connectivity index (χ1n) is 7.87. The molecule has 0 bridgehead atoms. The summed E-state index contributed by atoms with van der Waals surface area (Å²) in [6.45, 7) is 7.32. The van der Waals surface area contributed by atoms with Crippen LogP contribution in [0, 0.1) is 0 Å². The van der Waals surface area contributed by atoms with E-state index in [1.165, 1.54) is 31.4 Å². The first-order chi connectivity index (χ1) is 9.70. The van der Waals surface area contributed by atoms with Gasteiger partial charge in [0.1, 0.15) is 12.4 Å². The predicted octanol–water partition coefficient (Wildman–Crippen LogP) is 3.22. The first-order valence-corrected chi connectivity index (χ1v) is 7.87. The molecule has 2 atom stereocenters. The van der Waals surface area contributed by atoms with E-state index in [0.29, 0.717) is 12.1 Å². The van der Waals surface area contributed by atoms with Crippen molar-refractivity contribution in [3.8, 4) is 5.75 Å². The fourth-order valence-corrected chi connectivity index (χ4v) is 2.82. The third kappa shape index (κ3) is 4.22. The normalized spacial score (nSPS) is 21.6. The molecule has 1 N–H and O–H groups in total. The molecule has 1 heterocycles. The molecule has 0 aromatic heterocycles. The zero-order valence-electron chi connectivity index (χ0n) is 13.1. The molecule has 3 nitrogen and oxygen atoms in total. The lowest BCUT2D eigenvalue weighted by molar-refractivity contribution is 0.125. The van der Waals surface area contributed by atoms with Gasteiger partial charge in [-0.25, -0.2) is 0 Å². The van der Waals surface area contributed by atoms with Crippen LogP contribution in [-0.2, 0) is 0 Å². The highest BCUT2D eigenvalue weighted by atomic mass is 16.5. The van der Waals surface area contributed by atoms with Crippen LogP contribution in [0.3, 0.4) is 0 Å². The number of hydrogen-bond donors (Lipinski definition) is 1. The molecule has 1 saturated heterocycles. The zero-order chi connectivity index (χ0) is 14.4. The average molecular weight is 276 g/mol. The molecule has 20 heavy (non-hydrogen) atoms. The minimum absolute atomic E-state index is 0.401. The molecule has 0 radical (unpaired) electrons. The lowest BCUT2D eigenvalue weighted by Crippen LogP contribution is -2.40. The fraction of sp³-hybridized carbons (Fsp3) is 0.647. The summed E-state index contributed by atoms with van der Waals surface area (Å²) in [6.07, 6.45) is 3.91. The Balaban J connectivity index is 1.84. The summed E-state index contributed by atoms with van der Waals surface area (Å²) < 4.78 is 5.95. The molecule has 1 aliphatic heterocycles. The summed E-state index contributed by atoms with van der Waals surface area (Å²) in [5.74, 6) is 0.983. The molecule has 1 aliphatic rings. The van der Waals surface area contributed by atoms with E-state index in [9.17, 15) is 0 Å². The summed E-state index contributed by atoms with van der Waals surface area (Å²) in [4.78, 5) is 2.42. The molecule has 0 spiro atoms. The van der Waals surface area contributed by atoms with Gasteiger partial charge in [-0.2, -0.15) is 0 Å². The topological polar surface area (TPSA) is 24.5 Å². The number of hydrogen-bond acceptors (Lipinski definition) is 3. The maximum absolute atomic E-state index is 5.95. The Labute approximate surface area is 123 Å². The van der Waals surface area contributed by atoms with Crippen LogP contribution in [0.4, 0.5) is 0 Å². The van der Waals surface area contributed by atoms with E-state index in [2.05, 4.69) is 55.4 Å². The van der Waals surface area contributed by atoms with Gasteiger partial charge in [0.05, 0.1) is 0 Å². The van der Waals surface area contributed by atoms with Crippen LogP contribution < -0.4 is 10.1 Å². The van der Waals surface area contributed by atoms with Gasteiger partial charge in [0, 0.05) is 12.1 Å². The molecule has 0 saturated carbocycles. The smallest absolute Gasteiger partial charge is 0.119 e. The van der Waals surface area contributed by atoms with Gasteiger partial charge in [-0.1, -0.05) is 25.5 Å². The Morgan fingerprint density at radius 2 is 2.05 bits per heavy atom. The van der Waals surface area contributed by atoms with Crippen molar-refractivity contribution in [1.29, 1.82) is 0 Å². The third-order valence-corrected chi connectivity index (χ3v) is 4.25. The molecule has 2 rings (SSSR count). The predicted molar refractivity (Wildman–Crippen MR) is 84.3 cm³/mol. The van der Waals surface area contributed by atoms with Crippen LogP contribution >= 0.6 is 0 Å². The third-order valence-electron chi connectivity index (χ3n) is 4.25. The molecule has 0 amide bonds. The minimum atomic E-state index is 0.401. The Bertz CT molecular complexity index is 390. The summed E-state index contributed by atoms with van der Waals surface area (Å²) >= 11 is 0. The molecular weight excluding hydrogens is 248 g/mol. The summed E-state index contributed by atoms with van der Waals surface area (Å²) in [5, 5.41) is 3.42. The number of nitrogens with one attached hydrogen (secondary N) is 1. The van der Waals surface area contributed by atoms with Crippen LogP contribution in [0.5, 0.6) is 5.75 Å². The molecular formula is C17H28N2O. The second-order valence-electron chi connectivity index (χ2n) is 5.79. The van der Waals surface area contributed by atoms with Gasteiger partial charge in [-0.3, -0.25) is 0 Å². The highest BCUT2D eigenvalue weighted by molar-refractivity contribution is 5.29. The maximum Gasteiger partial charge on any atom is 0.119 e. The summed E-state index contributed by atoms with van der Waals surface area (Å²) in [6, 6.07) is 9.47. The molecule has 2 unspecified atom stereocenters. The van der Waals surface area contributed by atoms with Crippen molar-refractivity contribution >= 4 is 0 Å². The summed E-state index contributed by atoms with van der Waals surface area (Å²) in [7, 11) is 2.20. The largest absolute Gasteiger partial charge is 0.492 e. The van der Waals surface area contributed by atoms with Gasteiger partial charge in [0.2, 0.25) is 0 Å². The number of benzene rings is 1. The Hall–Kier alpha value is -1.06. The van der Waals surface area contributed by atoms with Gasteiger partial charge in [-0.15, -0.1) is 0 Å². The van der Waals surface area contributed by atoms with Crippen molar-refractivity contribution in [1.82, 2.24) is 10.2 Å². The first kappa shape index (κ1) is 15.3. The van der Waals surface area contributed by atoms with Crippen molar-refractivity contribution in [2.24, 2.45) is 0 Å². The lowest BCUT2D eigenvalue weighted by Gasteiger charge is -2.32. The van der Waals surface area contributed by atoms with Crippen molar-refractivity contribution in [3.05, 3.63) is 29.8 Å². The van der Waals surface area contributed by atoms with Gasteiger partial charge < -0.3 is 15.0 Å². The van der Waals surface area contributed by atoms with Crippen LogP contribution in [0.25, 0.3) is 0 Å². The molecule has 112 valence electrons. The Morgan fingerprint density at radius 3 is 2.70 bits per heavy atom. The van der Waals surface area contributed by atoms with Crippen molar-refractivity contribution in [3.63, 3.8) is 0 Å². The zero-order valence-corrected chi connectivity index (χ0v) is 13.1. The van der Waals surface area contributed by atoms with E-state index >= 15 is 0 Å². The van der Waals surface area contributed by atoms with E-state index in [1.54, 1.807) is 0 Å². The second kappa shape index (κ2) is 7.65. The van der Waals surface area contributed by atoms with E-state index in [0.717, 1.165) is 18.9 Å². The van der Waals surface area contributed by atoms with Crippen LogP contribution in [0.15, 0.2) is 24.3 Å². The molecule has 1 aromatic rings. The van der Waals surface area contributed by atoms with E-state index in [1.807, 2.05) is 0 Å². The fourth-order valence-electron chi connectivity index (χ4n) is 2.82. The van der Waals surface area contributed by atoms with Gasteiger partial charge >= 0.3 is 0 Å². The van der Waals surface area contributed by atoms with Gasteiger partial charge in [0.15, 0.2) is 0 Å². The minimum Gasteiger partial charge on any atom is -0.492 e. The standard InChI is InChI=1S/C17H28N2O/c1-4-18-14(2)15-8-10-17(11-9-15)20-13-16-7-5-6-12-19(16)3/h8-11,14,16,18H,4-7,12-13H2,1-3H3. The molecule has 3 heteroatoms. The highest BCUT2D eigenvalue weighted by Gasteiger charge is 2.19. The molecule has 1 aromatic carbocycles. The van der Waals surface area contributed by atoms with Crippen LogP contribution in [0.2, 0.25) is 0 Å². The van der Waals surface area contributed by atoms with Crippen molar-refractivity contribution in [2.45, 2.75) is 45.2 Å². The quantitative estimate of drug-likeness (QED) is 0.863. The van der Waals surface area contributed by atoms with E-state index in [-0.39, 0.29) is 0 Å². The lowest BCUT2D eigenvalue weighted by atomic mass is 10.0. The van der Waals surface area contributed by atoms with Crippen molar-refractivity contribution < 1.29 is 4.74 Å². The molecule has 0 aliphatic carbocycles. The second-order valence-corrected chi connectivity index (χ2v) is 5.79. The Kier molecular flexibility index (Phi) is 5.86. The molecule has 1 fully saturated rings. The SMILES string of the molecule is CCNC(C)c1ccc(OCC2CCCCN2C)cc1. The van der Waals surface area contributed by atoms with E-state index < -0.39 is 0 Å². The van der Waals surface area contributed by atoms with E-state index in [4.69, 9.17) is 4.74 Å². The van der Waals surface area contributed by atoms with Crippen LogP contribution in [-0.4, -0.2) is 37.7 Å².